The van der Waals surface area contributed by atoms with Crippen LogP contribution in [-0.4, -0.2) is 9.97 Å². The van der Waals surface area contributed by atoms with Crippen molar-refractivity contribution >= 4 is 75.1 Å². The number of aryl methyl sites for hydroxylation is 2. The van der Waals surface area contributed by atoms with E-state index in [-0.39, 0.29) is 5.69 Å². The number of aromatic nitrogens is 2. The lowest BCUT2D eigenvalue weighted by molar-refractivity contribution is 1.03. The minimum absolute atomic E-state index is 0.267. The monoisotopic (exact) mass is 671 g/mol. The van der Waals surface area contributed by atoms with Crippen LogP contribution in [0.5, 0.6) is 0 Å². The second-order valence-electron chi connectivity index (χ2n) is 10.3. The lowest BCUT2D eigenvalue weighted by Crippen LogP contribution is -2.07. The minimum atomic E-state index is -0.571. The van der Waals surface area contributed by atoms with Gasteiger partial charge in [0.2, 0.25) is 0 Å². The molecule has 0 saturated heterocycles. The third-order valence-electron chi connectivity index (χ3n) is 7.36. The summed E-state index contributed by atoms with van der Waals surface area (Å²) < 4.78 is 0. The second-order valence-corrected chi connectivity index (χ2v) is 12.0. The van der Waals surface area contributed by atoms with Gasteiger partial charge < -0.3 is 16.4 Å². The van der Waals surface area contributed by atoms with E-state index in [2.05, 4.69) is 32.7 Å². The maximum atomic E-state index is 9.94. The predicted molar refractivity (Wildman–Crippen MR) is 183 cm³/mol. The Morgan fingerprint density at radius 2 is 1.02 bits per heavy atom. The number of rotatable bonds is 8. The van der Waals surface area contributed by atoms with Crippen LogP contribution in [0.4, 0.5) is 28.7 Å². The number of nitrogen functional groups attached to an aromatic ring is 1. The summed E-state index contributed by atoms with van der Waals surface area (Å²) in [6.07, 6.45) is 1.39. The van der Waals surface area contributed by atoms with E-state index < -0.39 is 11.8 Å². The van der Waals surface area contributed by atoms with Crippen molar-refractivity contribution < 1.29 is 0 Å². The molecule has 45 heavy (non-hydrogen) atoms. The third-order valence-corrected chi connectivity index (χ3v) is 8.52. The average Bonchev–Trinajstić information content (AvgIpc) is 3.02. The Morgan fingerprint density at radius 1 is 0.644 bits per heavy atom. The molecule has 4 N–H and O–H groups in total. The molecule has 0 fully saturated rings. The van der Waals surface area contributed by atoms with Crippen molar-refractivity contribution in [3.63, 3.8) is 0 Å². The highest BCUT2D eigenvalue weighted by molar-refractivity contribution is 6.32. The number of nitrogens with zero attached hydrogens (tertiary/aromatic N) is 4. The Labute approximate surface area is 281 Å². The van der Waals surface area contributed by atoms with Crippen LogP contribution in [0.25, 0.3) is 0 Å². The van der Waals surface area contributed by atoms with Gasteiger partial charge in [-0.1, -0.05) is 82.8 Å². The molecule has 0 saturated carbocycles. The molecule has 0 bridgehead atoms. The molecule has 1 aromatic heterocycles. The van der Waals surface area contributed by atoms with E-state index in [1.807, 2.05) is 50.2 Å². The molecule has 0 amide bonds. The summed E-state index contributed by atoms with van der Waals surface area (Å²) in [7, 11) is 0. The lowest BCUT2D eigenvalue weighted by Gasteiger charge is -2.19. The van der Waals surface area contributed by atoms with Crippen LogP contribution < -0.4 is 16.4 Å². The van der Waals surface area contributed by atoms with Gasteiger partial charge in [-0.2, -0.15) is 10.5 Å². The Hall–Kier alpha value is -4.50. The molecule has 0 spiro atoms. The van der Waals surface area contributed by atoms with Crippen molar-refractivity contribution in [3.8, 4) is 12.1 Å². The first-order valence-electron chi connectivity index (χ1n) is 13.6. The van der Waals surface area contributed by atoms with Crippen LogP contribution >= 0.6 is 46.4 Å². The number of halogens is 4. The molecule has 2 atom stereocenters. The summed E-state index contributed by atoms with van der Waals surface area (Å²) in [4.78, 5) is 8.68. The molecule has 0 aliphatic carbocycles. The van der Waals surface area contributed by atoms with Gasteiger partial charge in [-0.25, -0.2) is 9.97 Å². The summed E-state index contributed by atoms with van der Waals surface area (Å²) in [5, 5.41) is 28.4. The summed E-state index contributed by atoms with van der Waals surface area (Å²) in [6, 6.07) is 26.1. The van der Waals surface area contributed by atoms with Crippen LogP contribution in [0.15, 0.2) is 79.1 Å². The van der Waals surface area contributed by atoms with Crippen LogP contribution in [-0.2, 0) is 0 Å². The fourth-order valence-corrected chi connectivity index (χ4v) is 5.72. The van der Waals surface area contributed by atoms with Crippen LogP contribution in [0, 0.1) is 36.5 Å². The summed E-state index contributed by atoms with van der Waals surface area (Å²) in [6.45, 7) is 3.81. The Bertz CT molecular complexity index is 1820. The normalized spacial score (nSPS) is 12.1. The minimum Gasteiger partial charge on any atom is -0.393 e. The zero-order chi connectivity index (χ0) is 32.2. The number of hydrogen-bond donors (Lipinski definition) is 3. The summed E-state index contributed by atoms with van der Waals surface area (Å²) >= 11 is 25.4. The summed E-state index contributed by atoms with van der Waals surface area (Å²) in [5.74, 6) is -0.416. The smallest absolute Gasteiger partial charge is 0.159 e. The molecule has 5 rings (SSSR count). The second kappa shape index (κ2) is 13.6. The van der Waals surface area contributed by atoms with E-state index in [1.54, 1.807) is 36.4 Å². The van der Waals surface area contributed by atoms with Gasteiger partial charge in [-0.15, -0.1) is 0 Å². The molecule has 0 aliphatic heterocycles. The zero-order valence-corrected chi connectivity index (χ0v) is 27.1. The van der Waals surface area contributed by atoms with Gasteiger partial charge in [0, 0.05) is 31.5 Å². The summed E-state index contributed by atoms with van der Waals surface area (Å²) in [5.41, 5.74) is 12.7. The largest absolute Gasteiger partial charge is 0.393 e. The lowest BCUT2D eigenvalue weighted by atomic mass is 9.91. The quantitative estimate of drug-likeness (QED) is 0.150. The number of nitrogens with one attached hydrogen (secondary N) is 2. The SMILES string of the molecule is Cc1cc(C(C#N)c2ccc(Cl)cc2)c(Cl)cc1Nc1ncnc(Nc2cc(Cl)c(C(C#N)c3ccc(Cl)cc3)cc2C)c1N. The maximum absolute atomic E-state index is 9.94. The predicted octanol–water partition coefficient (Wildman–Crippen LogP) is 10.1. The van der Waals surface area contributed by atoms with Crippen molar-refractivity contribution in [1.29, 1.82) is 10.5 Å². The van der Waals surface area contributed by atoms with Gasteiger partial charge in [-0.05, 0) is 83.6 Å². The van der Waals surface area contributed by atoms with Crippen molar-refractivity contribution in [2.75, 3.05) is 16.4 Å². The van der Waals surface area contributed by atoms with E-state index in [4.69, 9.17) is 52.1 Å². The molecule has 11 heteroatoms. The Balaban J connectivity index is 1.40. The molecule has 224 valence electrons. The highest BCUT2D eigenvalue weighted by Crippen LogP contribution is 2.38. The van der Waals surface area contributed by atoms with E-state index in [1.165, 1.54) is 6.33 Å². The van der Waals surface area contributed by atoms with Gasteiger partial charge in [0.1, 0.15) is 12.0 Å². The average molecular weight is 673 g/mol. The molecule has 7 nitrogen and oxygen atoms in total. The highest BCUT2D eigenvalue weighted by atomic mass is 35.5. The van der Waals surface area contributed by atoms with Crippen molar-refractivity contribution in [1.82, 2.24) is 9.97 Å². The van der Waals surface area contributed by atoms with Gasteiger partial charge >= 0.3 is 0 Å². The van der Waals surface area contributed by atoms with Gasteiger partial charge in [0.05, 0.1) is 24.0 Å². The van der Waals surface area contributed by atoms with E-state index >= 15 is 0 Å². The van der Waals surface area contributed by atoms with Crippen molar-refractivity contribution in [3.05, 3.63) is 133 Å². The van der Waals surface area contributed by atoms with Gasteiger partial charge in [0.25, 0.3) is 0 Å². The molecule has 0 radical (unpaired) electrons. The van der Waals surface area contributed by atoms with Gasteiger partial charge in [-0.3, -0.25) is 0 Å². The van der Waals surface area contributed by atoms with Crippen LogP contribution in [0.1, 0.15) is 45.2 Å². The number of nitriles is 2. The van der Waals surface area contributed by atoms with E-state index in [9.17, 15) is 10.5 Å². The number of hydrogen-bond acceptors (Lipinski definition) is 7. The molecule has 1 heterocycles. The molecular formula is C34H25Cl4N7. The zero-order valence-electron chi connectivity index (χ0n) is 24.0. The number of benzene rings is 4. The first-order valence-corrected chi connectivity index (χ1v) is 15.2. The molecule has 5 aromatic rings. The van der Waals surface area contributed by atoms with Crippen LogP contribution in [0.2, 0.25) is 20.1 Å². The fraction of sp³-hybridized carbons (Fsp3) is 0.118. The topological polar surface area (TPSA) is 123 Å². The Kier molecular flexibility index (Phi) is 9.68. The van der Waals surface area contributed by atoms with Crippen LogP contribution in [0.3, 0.4) is 0 Å². The van der Waals surface area contributed by atoms with Crippen molar-refractivity contribution in [2.45, 2.75) is 25.7 Å². The first-order chi connectivity index (χ1) is 21.6. The highest BCUT2D eigenvalue weighted by Gasteiger charge is 2.21. The third kappa shape index (κ3) is 6.93. The molecule has 0 aliphatic rings. The molecule has 2 unspecified atom stereocenters. The van der Waals surface area contributed by atoms with Gasteiger partial charge in [0.15, 0.2) is 11.6 Å². The molecule has 4 aromatic carbocycles. The van der Waals surface area contributed by atoms with E-state index in [0.717, 1.165) is 22.3 Å². The standard InChI is InChI=1S/C34H25Cl4N7/c1-18-11-24(26(15-39)20-3-7-22(35)8-4-20)28(37)13-30(18)44-33-32(41)34(43-17-42-33)45-31-14-29(38)25(12-19(31)2)27(16-40)21-5-9-23(36)10-6-21/h3-14,17,26-27H,41H2,1-2H3,(H2,42,43,44,45). The molecular weight excluding hydrogens is 648 g/mol. The first kappa shape index (κ1) is 31.9. The number of anilines is 5. The van der Waals surface area contributed by atoms with E-state index in [0.29, 0.717) is 54.2 Å². The van der Waals surface area contributed by atoms with Crippen molar-refractivity contribution in [2.24, 2.45) is 0 Å². The number of nitrogens with two attached hydrogens (primary N) is 1. The fourth-order valence-electron chi connectivity index (χ4n) is 4.93. The Morgan fingerprint density at radius 3 is 1.38 bits per heavy atom. The maximum Gasteiger partial charge on any atom is 0.159 e.